The second-order valence-electron chi connectivity index (χ2n) is 4.90. The van der Waals surface area contributed by atoms with E-state index >= 15 is 0 Å². The molecule has 3 aromatic rings. The third kappa shape index (κ3) is 1.71. The summed E-state index contributed by atoms with van der Waals surface area (Å²) in [5.74, 6) is -0.258. The number of imidazole rings is 1. The van der Waals surface area contributed by atoms with Crippen LogP contribution in [0.2, 0.25) is 0 Å². The normalized spacial score (nSPS) is 14.4. The van der Waals surface area contributed by atoms with Gasteiger partial charge < -0.3 is 5.32 Å². The Morgan fingerprint density at radius 3 is 2.95 bits per heavy atom. The van der Waals surface area contributed by atoms with Crippen molar-refractivity contribution in [2.45, 2.75) is 13.0 Å². The molecule has 4 rings (SSSR count). The number of nitrogens with one attached hydrogen (secondary N) is 1. The van der Waals surface area contributed by atoms with Gasteiger partial charge in [-0.25, -0.2) is 13.9 Å². The van der Waals surface area contributed by atoms with Crippen LogP contribution in [0.4, 0.5) is 4.39 Å². The van der Waals surface area contributed by atoms with Crippen molar-refractivity contribution in [2.75, 3.05) is 6.54 Å². The van der Waals surface area contributed by atoms with Crippen LogP contribution in [0.3, 0.4) is 0 Å². The molecule has 1 aromatic carbocycles. The van der Waals surface area contributed by atoms with Crippen molar-refractivity contribution in [1.82, 2.24) is 19.9 Å². The SMILES string of the molecule is Fc1ccccc1-c1ccc2nc3c(n2n1)CNCC3. The van der Waals surface area contributed by atoms with Crippen LogP contribution in [-0.2, 0) is 13.0 Å². The van der Waals surface area contributed by atoms with Crippen LogP contribution >= 0.6 is 0 Å². The largest absolute Gasteiger partial charge is 0.311 e. The van der Waals surface area contributed by atoms with Gasteiger partial charge in [0.05, 0.1) is 17.1 Å². The molecule has 0 spiro atoms. The van der Waals surface area contributed by atoms with Crippen LogP contribution < -0.4 is 5.32 Å². The van der Waals surface area contributed by atoms with Crippen LogP contribution in [0.25, 0.3) is 16.9 Å². The average molecular weight is 268 g/mol. The molecule has 1 N–H and O–H groups in total. The first kappa shape index (κ1) is 11.5. The molecule has 0 unspecified atom stereocenters. The minimum Gasteiger partial charge on any atom is -0.311 e. The van der Waals surface area contributed by atoms with E-state index in [-0.39, 0.29) is 5.82 Å². The second-order valence-corrected chi connectivity index (χ2v) is 4.90. The number of hydrogen-bond acceptors (Lipinski definition) is 3. The van der Waals surface area contributed by atoms with Gasteiger partial charge in [-0.2, -0.15) is 5.10 Å². The van der Waals surface area contributed by atoms with Crippen molar-refractivity contribution in [1.29, 1.82) is 0 Å². The van der Waals surface area contributed by atoms with Crippen LogP contribution in [0.15, 0.2) is 36.4 Å². The maximum atomic E-state index is 13.9. The lowest BCUT2D eigenvalue weighted by Crippen LogP contribution is -2.24. The first-order chi connectivity index (χ1) is 9.83. The highest BCUT2D eigenvalue weighted by Crippen LogP contribution is 2.22. The molecule has 0 saturated heterocycles. The van der Waals surface area contributed by atoms with Gasteiger partial charge in [0.25, 0.3) is 0 Å². The van der Waals surface area contributed by atoms with E-state index < -0.39 is 0 Å². The third-order valence-electron chi connectivity index (χ3n) is 3.63. The Balaban J connectivity index is 1.92. The predicted octanol–water partition coefficient (Wildman–Crippen LogP) is 2.18. The number of fused-ring (bicyclic) bond motifs is 3. The molecular weight excluding hydrogens is 255 g/mol. The molecule has 3 heterocycles. The zero-order valence-corrected chi connectivity index (χ0v) is 10.8. The first-order valence-corrected chi connectivity index (χ1v) is 6.66. The van der Waals surface area contributed by atoms with Crippen LogP contribution in [0.1, 0.15) is 11.4 Å². The Morgan fingerprint density at radius 1 is 1.15 bits per heavy atom. The van der Waals surface area contributed by atoms with Gasteiger partial charge in [-0.3, -0.25) is 0 Å². The summed E-state index contributed by atoms with van der Waals surface area (Å²) >= 11 is 0. The van der Waals surface area contributed by atoms with Crippen LogP contribution in [0, 0.1) is 5.82 Å². The molecule has 0 amide bonds. The van der Waals surface area contributed by atoms with E-state index in [0.29, 0.717) is 11.3 Å². The maximum absolute atomic E-state index is 13.9. The molecule has 0 radical (unpaired) electrons. The maximum Gasteiger partial charge on any atom is 0.154 e. The van der Waals surface area contributed by atoms with E-state index in [4.69, 9.17) is 0 Å². The Kier molecular flexibility index (Phi) is 2.53. The van der Waals surface area contributed by atoms with Gasteiger partial charge in [-0.1, -0.05) is 12.1 Å². The van der Waals surface area contributed by atoms with Crippen molar-refractivity contribution in [2.24, 2.45) is 0 Å². The van der Waals surface area contributed by atoms with Gasteiger partial charge in [0, 0.05) is 25.1 Å². The number of nitrogens with zero attached hydrogens (tertiary/aromatic N) is 3. The zero-order valence-electron chi connectivity index (χ0n) is 10.8. The Hall–Kier alpha value is -2.27. The molecule has 0 bridgehead atoms. The summed E-state index contributed by atoms with van der Waals surface area (Å²) < 4.78 is 15.7. The highest BCUT2D eigenvalue weighted by atomic mass is 19.1. The smallest absolute Gasteiger partial charge is 0.154 e. The minimum atomic E-state index is -0.258. The molecule has 0 saturated carbocycles. The van der Waals surface area contributed by atoms with Crippen molar-refractivity contribution in [3.63, 3.8) is 0 Å². The molecule has 20 heavy (non-hydrogen) atoms. The molecule has 4 nitrogen and oxygen atoms in total. The van der Waals surface area contributed by atoms with Crippen LogP contribution in [0.5, 0.6) is 0 Å². The number of benzene rings is 1. The summed E-state index contributed by atoms with van der Waals surface area (Å²) in [6.45, 7) is 1.70. The molecule has 1 aliphatic heterocycles. The fraction of sp³-hybridized carbons (Fsp3) is 0.200. The van der Waals surface area contributed by atoms with E-state index in [1.807, 2.05) is 22.7 Å². The second kappa shape index (κ2) is 4.38. The molecule has 1 aliphatic rings. The summed E-state index contributed by atoms with van der Waals surface area (Å²) in [4.78, 5) is 4.58. The summed E-state index contributed by atoms with van der Waals surface area (Å²) in [5.41, 5.74) is 4.12. The molecule has 100 valence electrons. The standard InChI is InChI=1S/C15H13FN4/c16-11-4-2-1-3-10(11)12-5-6-15-18-13-7-8-17-9-14(13)20(15)19-12/h1-6,17H,7-9H2. The first-order valence-electron chi connectivity index (χ1n) is 6.66. The van der Waals surface area contributed by atoms with Gasteiger partial charge in [-0.15, -0.1) is 0 Å². The van der Waals surface area contributed by atoms with Crippen molar-refractivity contribution in [3.05, 3.63) is 53.6 Å². The summed E-state index contributed by atoms with van der Waals surface area (Å²) in [6, 6.07) is 10.4. The van der Waals surface area contributed by atoms with Gasteiger partial charge in [0.15, 0.2) is 5.65 Å². The quantitative estimate of drug-likeness (QED) is 0.735. The van der Waals surface area contributed by atoms with E-state index in [1.165, 1.54) is 6.07 Å². The summed E-state index contributed by atoms with van der Waals surface area (Å²) in [5, 5.41) is 7.87. The van der Waals surface area contributed by atoms with E-state index in [2.05, 4.69) is 15.4 Å². The van der Waals surface area contributed by atoms with E-state index in [1.54, 1.807) is 12.1 Å². The van der Waals surface area contributed by atoms with E-state index in [9.17, 15) is 4.39 Å². The lowest BCUT2D eigenvalue weighted by Gasteiger charge is -2.11. The average Bonchev–Trinajstić information content (AvgIpc) is 2.85. The number of halogens is 1. The number of rotatable bonds is 1. The van der Waals surface area contributed by atoms with Gasteiger partial charge >= 0.3 is 0 Å². The molecular formula is C15H13FN4. The highest BCUT2D eigenvalue weighted by Gasteiger charge is 2.17. The molecule has 5 heteroatoms. The van der Waals surface area contributed by atoms with Crippen molar-refractivity contribution in [3.8, 4) is 11.3 Å². The number of hydrogen-bond donors (Lipinski definition) is 1. The van der Waals surface area contributed by atoms with Crippen molar-refractivity contribution < 1.29 is 4.39 Å². The fourth-order valence-electron chi connectivity index (χ4n) is 2.63. The fourth-order valence-corrected chi connectivity index (χ4v) is 2.63. The third-order valence-corrected chi connectivity index (χ3v) is 3.63. The Bertz CT molecular complexity index is 794. The van der Waals surface area contributed by atoms with Gasteiger partial charge in [0.2, 0.25) is 0 Å². The number of aromatic nitrogens is 3. The van der Waals surface area contributed by atoms with E-state index in [0.717, 1.165) is 36.5 Å². The van der Waals surface area contributed by atoms with Crippen molar-refractivity contribution >= 4 is 5.65 Å². The highest BCUT2D eigenvalue weighted by molar-refractivity contribution is 5.61. The lowest BCUT2D eigenvalue weighted by atomic mass is 10.1. The Morgan fingerprint density at radius 2 is 2.05 bits per heavy atom. The van der Waals surface area contributed by atoms with Crippen LogP contribution in [-0.4, -0.2) is 21.1 Å². The Labute approximate surface area is 115 Å². The summed E-state index contributed by atoms with van der Waals surface area (Å²) in [6.07, 6.45) is 0.910. The predicted molar refractivity (Wildman–Crippen MR) is 73.8 cm³/mol. The monoisotopic (exact) mass is 268 g/mol. The molecule has 2 aromatic heterocycles. The molecule has 0 fully saturated rings. The molecule has 0 atom stereocenters. The van der Waals surface area contributed by atoms with Gasteiger partial charge in [0.1, 0.15) is 5.82 Å². The lowest BCUT2D eigenvalue weighted by molar-refractivity contribution is 0.610. The topological polar surface area (TPSA) is 42.2 Å². The zero-order chi connectivity index (χ0) is 13.5. The summed E-state index contributed by atoms with van der Waals surface area (Å²) in [7, 11) is 0. The minimum absolute atomic E-state index is 0.258. The molecule has 0 aliphatic carbocycles. The van der Waals surface area contributed by atoms with Gasteiger partial charge in [-0.05, 0) is 24.3 Å².